The van der Waals surface area contributed by atoms with Gasteiger partial charge >= 0.3 is 0 Å². The third-order valence-corrected chi connectivity index (χ3v) is 10.0. The first-order valence-electron chi connectivity index (χ1n) is 12.4. The number of carbonyl (C=O) groups is 1. The van der Waals surface area contributed by atoms with E-state index < -0.39 is 32.0 Å². The molecular formula is C27H30ClN3O7S2. The van der Waals surface area contributed by atoms with Crippen LogP contribution in [-0.2, 0) is 42.5 Å². The zero-order chi connectivity index (χ0) is 28.8. The van der Waals surface area contributed by atoms with Crippen molar-refractivity contribution in [1.29, 1.82) is 0 Å². The highest BCUT2D eigenvalue weighted by atomic mass is 35.5. The van der Waals surface area contributed by atoms with Gasteiger partial charge in [-0.2, -0.15) is 9.03 Å². The highest BCUT2D eigenvalue weighted by Crippen LogP contribution is 2.27. The lowest BCUT2D eigenvalue weighted by Crippen LogP contribution is -2.47. The molecule has 0 bridgehead atoms. The van der Waals surface area contributed by atoms with Gasteiger partial charge in [0.15, 0.2) is 0 Å². The lowest BCUT2D eigenvalue weighted by molar-refractivity contribution is -0.122. The van der Waals surface area contributed by atoms with E-state index in [1.807, 2.05) is 6.07 Å². The first-order chi connectivity index (χ1) is 19.1. The summed E-state index contributed by atoms with van der Waals surface area (Å²) in [6, 6.07) is 18.1. The van der Waals surface area contributed by atoms with Crippen molar-refractivity contribution in [3.63, 3.8) is 0 Å². The molecule has 214 valence electrons. The molecule has 10 nitrogen and oxygen atoms in total. The quantitative estimate of drug-likeness (QED) is 0.342. The molecule has 0 radical (unpaired) electrons. The Morgan fingerprint density at radius 2 is 1.60 bits per heavy atom. The molecule has 3 aromatic rings. The lowest BCUT2D eigenvalue weighted by atomic mass is 10.1. The molecule has 3 aromatic carbocycles. The molecule has 2 N–H and O–H groups in total. The topological polar surface area (TPSA) is 131 Å². The standard InChI is InChI=1S/C27H30ClN3O7S2/c1-37-26-12-11-23(18-24(26)28)39(33,34)30-25(17-20-5-3-2-4-6-20)27(32)29-19-21-7-9-22(10-8-21)40(35,36)31-13-15-38-16-14-31/h2-12,18,25,30H,13-17,19H2,1H3,(H,29,32)/t25-/m0/s1. The van der Waals surface area contributed by atoms with Gasteiger partial charge in [-0.05, 0) is 47.9 Å². The summed E-state index contributed by atoms with van der Waals surface area (Å²) < 4.78 is 66.2. The number of amides is 1. The van der Waals surface area contributed by atoms with Gasteiger partial charge in [-0.15, -0.1) is 0 Å². The van der Waals surface area contributed by atoms with E-state index in [2.05, 4.69) is 10.0 Å². The number of hydrogen-bond donors (Lipinski definition) is 2. The average Bonchev–Trinajstić information content (AvgIpc) is 2.96. The summed E-state index contributed by atoms with van der Waals surface area (Å²) in [7, 11) is -6.34. The van der Waals surface area contributed by atoms with Crippen LogP contribution < -0.4 is 14.8 Å². The molecule has 1 atom stereocenters. The molecule has 0 unspecified atom stereocenters. The molecule has 40 heavy (non-hydrogen) atoms. The van der Waals surface area contributed by atoms with Crippen molar-refractivity contribution in [2.75, 3.05) is 33.4 Å². The fraction of sp³-hybridized carbons (Fsp3) is 0.296. The molecule has 1 saturated heterocycles. The Hall–Kier alpha value is -3.00. The minimum atomic E-state index is -4.12. The minimum Gasteiger partial charge on any atom is -0.495 e. The van der Waals surface area contributed by atoms with Crippen LogP contribution in [0.25, 0.3) is 0 Å². The minimum absolute atomic E-state index is 0.0676. The number of benzene rings is 3. The number of hydrogen-bond acceptors (Lipinski definition) is 7. The summed E-state index contributed by atoms with van der Waals surface area (Å²) in [5, 5.41) is 2.88. The number of carbonyl (C=O) groups excluding carboxylic acids is 1. The zero-order valence-corrected chi connectivity index (χ0v) is 24.1. The van der Waals surface area contributed by atoms with E-state index in [-0.39, 0.29) is 27.8 Å². The summed E-state index contributed by atoms with van der Waals surface area (Å²) in [5.41, 5.74) is 1.41. The fourth-order valence-electron chi connectivity index (χ4n) is 4.13. The molecule has 1 aliphatic rings. The van der Waals surface area contributed by atoms with Gasteiger partial charge in [0.1, 0.15) is 11.8 Å². The van der Waals surface area contributed by atoms with Crippen molar-refractivity contribution < 1.29 is 31.1 Å². The third kappa shape index (κ3) is 7.39. The molecule has 0 aliphatic carbocycles. The Bertz CT molecular complexity index is 1530. The van der Waals surface area contributed by atoms with Gasteiger partial charge in [0.05, 0.1) is 35.1 Å². The van der Waals surface area contributed by atoms with E-state index in [9.17, 15) is 21.6 Å². The molecule has 0 spiro atoms. The second kappa shape index (κ2) is 13.1. The van der Waals surface area contributed by atoms with Crippen LogP contribution in [0.2, 0.25) is 5.02 Å². The molecule has 13 heteroatoms. The van der Waals surface area contributed by atoms with Crippen LogP contribution in [0.4, 0.5) is 0 Å². The number of nitrogens with zero attached hydrogens (tertiary/aromatic N) is 1. The number of sulfonamides is 2. The maximum atomic E-state index is 13.2. The number of morpholine rings is 1. The first-order valence-corrected chi connectivity index (χ1v) is 15.7. The lowest BCUT2D eigenvalue weighted by Gasteiger charge is -2.26. The van der Waals surface area contributed by atoms with Crippen LogP contribution in [0.1, 0.15) is 11.1 Å². The number of rotatable bonds is 11. The molecule has 1 amide bonds. The largest absolute Gasteiger partial charge is 0.495 e. The van der Waals surface area contributed by atoms with Gasteiger partial charge in [0.2, 0.25) is 26.0 Å². The van der Waals surface area contributed by atoms with Crippen LogP contribution in [-0.4, -0.2) is 66.5 Å². The van der Waals surface area contributed by atoms with Gasteiger partial charge in [-0.25, -0.2) is 16.8 Å². The van der Waals surface area contributed by atoms with Crippen molar-refractivity contribution in [2.45, 2.75) is 28.8 Å². The maximum absolute atomic E-state index is 13.2. The average molecular weight is 608 g/mol. The first kappa shape index (κ1) is 30.0. The number of ether oxygens (including phenoxy) is 2. The van der Waals surface area contributed by atoms with Gasteiger partial charge in [-0.1, -0.05) is 54.1 Å². The summed E-state index contributed by atoms with van der Waals surface area (Å²) >= 11 is 6.12. The predicted molar refractivity (Wildman–Crippen MR) is 150 cm³/mol. The molecular weight excluding hydrogens is 578 g/mol. The molecule has 1 aliphatic heterocycles. The summed E-state index contributed by atoms with van der Waals surface area (Å²) in [6.45, 7) is 1.35. The molecule has 0 saturated carbocycles. The van der Waals surface area contributed by atoms with Crippen LogP contribution in [0.5, 0.6) is 5.75 Å². The van der Waals surface area contributed by atoms with Gasteiger partial charge in [0.25, 0.3) is 0 Å². The maximum Gasteiger partial charge on any atom is 0.243 e. The van der Waals surface area contributed by atoms with Crippen LogP contribution in [0.3, 0.4) is 0 Å². The van der Waals surface area contributed by atoms with Gasteiger partial charge in [0, 0.05) is 19.6 Å². The van der Waals surface area contributed by atoms with E-state index in [1.165, 1.54) is 41.7 Å². The Kier molecular flexibility index (Phi) is 9.82. The smallest absolute Gasteiger partial charge is 0.243 e. The van der Waals surface area contributed by atoms with Gasteiger partial charge < -0.3 is 14.8 Å². The summed E-state index contributed by atoms with van der Waals surface area (Å²) in [5.74, 6) is -0.222. The third-order valence-electron chi connectivity index (χ3n) is 6.33. The van der Waals surface area contributed by atoms with E-state index in [0.29, 0.717) is 37.6 Å². The second-order valence-electron chi connectivity index (χ2n) is 9.04. The Morgan fingerprint density at radius 3 is 2.23 bits per heavy atom. The molecule has 0 aromatic heterocycles. The van der Waals surface area contributed by atoms with Crippen molar-refractivity contribution >= 4 is 37.6 Å². The van der Waals surface area contributed by atoms with Gasteiger partial charge in [-0.3, -0.25) is 4.79 Å². The van der Waals surface area contributed by atoms with Crippen molar-refractivity contribution in [3.8, 4) is 5.75 Å². The number of nitrogens with one attached hydrogen (secondary N) is 2. The van der Waals surface area contributed by atoms with Crippen molar-refractivity contribution in [1.82, 2.24) is 14.3 Å². The van der Waals surface area contributed by atoms with Crippen LogP contribution in [0, 0.1) is 0 Å². The molecule has 4 rings (SSSR count). The Balaban J connectivity index is 1.47. The van der Waals surface area contributed by atoms with E-state index in [0.717, 1.165) is 5.56 Å². The van der Waals surface area contributed by atoms with E-state index in [1.54, 1.807) is 36.4 Å². The van der Waals surface area contributed by atoms with Crippen LogP contribution >= 0.6 is 11.6 Å². The van der Waals surface area contributed by atoms with Crippen molar-refractivity contribution in [3.05, 3.63) is 88.9 Å². The Morgan fingerprint density at radius 1 is 0.950 bits per heavy atom. The van der Waals surface area contributed by atoms with E-state index >= 15 is 0 Å². The number of methoxy groups -OCH3 is 1. The monoisotopic (exact) mass is 607 g/mol. The highest BCUT2D eigenvalue weighted by Gasteiger charge is 2.28. The normalized spacial score (nSPS) is 15.3. The summed E-state index contributed by atoms with van der Waals surface area (Å²) in [4.78, 5) is 13.3. The fourth-order valence-corrected chi connectivity index (χ4v) is 7.09. The highest BCUT2D eigenvalue weighted by molar-refractivity contribution is 7.89. The van der Waals surface area contributed by atoms with Crippen LogP contribution in [0.15, 0.2) is 82.6 Å². The SMILES string of the molecule is COc1ccc(S(=O)(=O)N[C@@H](Cc2ccccc2)C(=O)NCc2ccc(S(=O)(=O)N3CCOCC3)cc2)cc1Cl. The van der Waals surface area contributed by atoms with E-state index in [4.69, 9.17) is 21.1 Å². The summed E-state index contributed by atoms with van der Waals surface area (Å²) in [6.07, 6.45) is 0.104. The van der Waals surface area contributed by atoms with Crippen molar-refractivity contribution in [2.24, 2.45) is 0 Å². The number of halogens is 1. The second-order valence-corrected chi connectivity index (χ2v) is 13.1. The Labute approximate surface area is 239 Å². The predicted octanol–water partition coefficient (Wildman–Crippen LogP) is 2.58. The zero-order valence-electron chi connectivity index (χ0n) is 21.7. The molecule has 1 fully saturated rings. The molecule has 1 heterocycles.